The quantitative estimate of drug-likeness (QED) is 0.808. The molecule has 3 unspecified atom stereocenters. The van der Waals surface area contributed by atoms with E-state index in [0.29, 0.717) is 18.4 Å². The van der Waals surface area contributed by atoms with Gasteiger partial charge in [0.05, 0.1) is 12.5 Å². The molecule has 0 heterocycles. The zero-order valence-corrected chi connectivity index (χ0v) is 9.98. The minimum Gasteiger partial charge on any atom is -0.274 e. The first-order chi connectivity index (χ1) is 8.33. The number of amides is 1. The minimum atomic E-state index is 0.0542. The summed E-state index contributed by atoms with van der Waals surface area (Å²) in [7, 11) is 0. The second kappa shape index (κ2) is 4.15. The number of nitrogens with one attached hydrogen (secondary N) is 1. The predicted octanol–water partition coefficient (Wildman–Crippen LogP) is 2.03. The van der Waals surface area contributed by atoms with Crippen molar-refractivity contribution in [3.63, 3.8) is 0 Å². The molecule has 1 aromatic rings. The van der Waals surface area contributed by atoms with Gasteiger partial charge in [0.2, 0.25) is 5.91 Å². The SMILES string of the molecule is CCONC(=O)C1C2CCc3ccccc3C21. The summed E-state index contributed by atoms with van der Waals surface area (Å²) >= 11 is 0. The lowest BCUT2D eigenvalue weighted by Gasteiger charge is -2.13. The van der Waals surface area contributed by atoms with Crippen LogP contribution >= 0.6 is 0 Å². The summed E-state index contributed by atoms with van der Waals surface area (Å²) in [6.07, 6.45) is 2.24. The van der Waals surface area contributed by atoms with Gasteiger partial charge in [-0.2, -0.15) is 0 Å². The molecule has 17 heavy (non-hydrogen) atoms. The molecule has 0 spiro atoms. The van der Waals surface area contributed by atoms with Crippen LogP contribution in [0.25, 0.3) is 0 Å². The van der Waals surface area contributed by atoms with Gasteiger partial charge in [0.1, 0.15) is 0 Å². The average molecular weight is 231 g/mol. The van der Waals surface area contributed by atoms with Crippen molar-refractivity contribution in [2.24, 2.45) is 11.8 Å². The monoisotopic (exact) mass is 231 g/mol. The van der Waals surface area contributed by atoms with Gasteiger partial charge in [-0.05, 0) is 42.7 Å². The van der Waals surface area contributed by atoms with Crippen LogP contribution in [0.5, 0.6) is 0 Å². The van der Waals surface area contributed by atoms with Crippen molar-refractivity contribution in [3.05, 3.63) is 35.4 Å². The molecule has 3 nitrogen and oxygen atoms in total. The molecule has 1 saturated carbocycles. The van der Waals surface area contributed by atoms with E-state index in [9.17, 15) is 4.79 Å². The van der Waals surface area contributed by atoms with E-state index in [-0.39, 0.29) is 11.8 Å². The fraction of sp³-hybridized carbons (Fsp3) is 0.500. The summed E-state index contributed by atoms with van der Waals surface area (Å²) < 4.78 is 0. The lowest BCUT2D eigenvalue weighted by atomic mass is 9.92. The summed E-state index contributed by atoms with van der Waals surface area (Å²) in [6, 6.07) is 8.50. The average Bonchev–Trinajstić information content (AvgIpc) is 3.11. The van der Waals surface area contributed by atoms with Gasteiger partial charge in [-0.15, -0.1) is 0 Å². The van der Waals surface area contributed by atoms with Crippen LogP contribution < -0.4 is 5.48 Å². The second-order valence-corrected chi connectivity index (χ2v) is 4.85. The number of carbonyl (C=O) groups is 1. The highest BCUT2D eigenvalue weighted by Crippen LogP contribution is 2.59. The Labute approximate surface area is 101 Å². The van der Waals surface area contributed by atoms with Crippen molar-refractivity contribution in [2.75, 3.05) is 6.61 Å². The third kappa shape index (κ3) is 1.75. The molecule has 3 heteroatoms. The lowest BCUT2D eigenvalue weighted by molar-refractivity contribution is -0.134. The van der Waals surface area contributed by atoms with Gasteiger partial charge in [0.15, 0.2) is 0 Å². The Hall–Kier alpha value is -1.35. The van der Waals surface area contributed by atoms with Crippen LogP contribution in [0, 0.1) is 11.8 Å². The molecule has 0 bridgehead atoms. The fourth-order valence-corrected chi connectivity index (χ4v) is 3.14. The van der Waals surface area contributed by atoms with Crippen LogP contribution in [-0.4, -0.2) is 12.5 Å². The Balaban J connectivity index is 1.76. The molecule has 0 aliphatic heterocycles. The Morgan fingerprint density at radius 1 is 1.47 bits per heavy atom. The van der Waals surface area contributed by atoms with E-state index in [1.807, 2.05) is 6.92 Å². The standard InChI is InChI=1S/C14H17NO2/c1-2-17-15-14(16)13-11-8-7-9-5-3-4-6-10(9)12(11)13/h3-6,11-13H,2,7-8H2,1H3,(H,15,16). The predicted molar refractivity (Wildman–Crippen MR) is 64.3 cm³/mol. The van der Waals surface area contributed by atoms with Crippen molar-refractivity contribution >= 4 is 5.91 Å². The maximum atomic E-state index is 11.9. The summed E-state index contributed by atoms with van der Waals surface area (Å²) in [5, 5.41) is 0. The number of rotatable bonds is 3. The number of carbonyl (C=O) groups excluding carboxylic acids is 1. The molecule has 0 saturated heterocycles. The van der Waals surface area contributed by atoms with Gasteiger partial charge >= 0.3 is 0 Å². The van der Waals surface area contributed by atoms with Crippen molar-refractivity contribution in [1.29, 1.82) is 0 Å². The molecule has 3 atom stereocenters. The first kappa shape index (κ1) is 10.8. The molecule has 0 aromatic heterocycles. The lowest BCUT2D eigenvalue weighted by Crippen LogP contribution is -2.26. The Morgan fingerprint density at radius 2 is 2.29 bits per heavy atom. The molecule has 2 aliphatic rings. The molecule has 1 amide bonds. The highest BCUT2D eigenvalue weighted by atomic mass is 16.6. The normalized spacial score (nSPS) is 29.1. The number of aryl methyl sites for hydroxylation is 1. The zero-order chi connectivity index (χ0) is 11.8. The Kier molecular flexibility index (Phi) is 2.63. The number of hydrogen-bond acceptors (Lipinski definition) is 2. The molecule has 3 rings (SSSR count). The largest absolute Gasteiger partial charge is 0.274 e. The molecule has 0 radical (unpaired) electrons. The van der Waals surface area contributed by atoms with Crippen molar-refractivity contribution in [1.82, 2.24) is 5.48 Å². The third-order valence-electron chi connectivity index (χ3n) is 3.95. The Morgan fingerprint density at radius 3 is 3.12 bits per heavy atom. The summed E-state index contributed by atoms with van der Waals surface area (Å²) in [6.45, 7) is 2.39. The molecular formula is C14H17NO2. The second-order valence-electron chi connectivity index (χ2n) is 4.85. The molecular weight excluding hydrogens is 214 g/mol. The molecule has 1 aromatic carbocycles. The summed E-state index contributed by atoms with van der Waals surface area (Å²) in [4.78, 5) is 16.9. The van der Waals surface area contributed by atoms with Crippen LogP contribution in [0.2, 0.25) is 0 Å². The van der Waals surface area contributed by atoms with E-state index in [0.717, 1.165) is 12.8 Å². The molecule has 1 N–H and O–H groups in total. The van der Waals surface area contributed by atoms with Crippen molar-refractivity contribution in [3.8, 4) is 0 Å². The highest BCUT2D eigenvalue weighted by molar-refractivity contribution is 5.83. The fourth-order valence-electron chi connectivity index (χ4n) is 3.14. The van der Waals surface area contributed by atoms with Crippen molar-refractivity contribution < 1.29 is 9.63 Å². The van der Waals surface area contributed by atoms with Crippen molar-refractivity contribution in [2.45, 2.75) is 25.7 Å². The van der Waals surface area contributed by atoms with Gasteiger partial charge in [-0.1, -0.05) is 24.3 Å². The van der Waals surface area contributed by atoms with Crippen LogP contribution in [0.3, 0.4) is 0 Å². The van der Waals surface area contributed by atoms with Crippen LogP contribution in [-0.2, 0) is 16.1 Å². The van der Waals surface area contributed by atoms with Crippen LogP contribution in [0.4, 0.5) is 0 Å². The smallest absolute Gasteiger partial charge is 0.247 e. The topological polar surface area (TPSA) is 38.3 Å². The molecule has 1 fully saturated rings. The molecule has 2 aliphatic carbocycles. The zero-order valence-electron chi connectivity index (χ0n) is 9.98. The van der Waals surface area contributed by atoms with Gasteiger partial charge in [0, 0.05) is 0 Å². The first-order valence-corrected chi connectivity index (χ1v) is 6.32. The number of hydrogen-bond donors (Lipinski definition) is 1. The van der Waals surface area contributed by atoms with E-state index in [4.69, 9.17) is 4.84 Å². The maximum absolute atomic E-state index is 11.9. The maximum Gasteiger partial charge on any atom is 0.247 e. The summed E-state index contributed by atoms with van der Waals surface area (Å²) in [5.41, 5.74) is 5.33. The van der Waals surface area contributed by atoms with Gasteiger partial charge < -0.3 is 0 Å². The third-order valence-corrected chi connectivity index (χ3v) is 3.95. The van der Waals surface area contributed by atoms with E-state index in [1.54, 1.807) is 0 Å². The van der Waals surface area contributed by atoms with E-state index >= 15 is 0 Å². The summed E-state index contributed by atoms with van der Waals surface area (Å²) in [5.74, 6) is 1.15. The number of hydroxylamine groups is 1. The van der Waals surface area contributed by atoms with Gasteiger partial charge in [-0.25, -0.2) is 5.48 Å². The highest BCUT2D eigenvalue weighted by Gasteiger charge is 2.57. The number of benzene rings is 1. The minimum absolute atomic E-state index is 0.0542. The first-order valence-electron chi connectivity index (χ1n) is 6.32. The van der Waals surface area contributed by atoms with Gasteiger partial charge in [0.25, 0.3) is 0 Å². The van der Waals surface area contributed by atoms with E-state index in [1.165, 1.54) is 11.1 Å². The van der Waals surface area contributed by atoms with E-state index < -0.39 is 0 Å². The van der Waals surface area contributed by atoms with Crippen LogP contribution in [0.1, 0.15) is 30.4 Å². The van der Waals surface area contributed by atoms with E-state index in [2.05, 4.69) is 29.7 Å². The Bertz CT molecular complexity index is 444. The van der Waals surface area contributed by atoms with Crippen LogP contribution in [0.15, 0.2) is 24.3 Å². The van der Waals surface area contributed by atoms with Gasteiger partial charge in [-0.3, -0.25) is 9.63 Å². The molecule has 90 valence electrons. The number of fused-ring (bicyclic) bond motifs is 3.